The van der Waals surface area contributed by atoms with E-state index >= 15 is 0 Å². The zero-order valence-corrected chi connectivity index (χ0v) is 24.1. The SMILES string of the molecule is CC(C)C(=O)Nc1ccc(/C=C/c2ccc(NS(=O)(=O)C3CC3)cc2S(=O)(=O)O)c(S(=O)(=O)O)c1.[Na+]. The van der Waals surface area contributed by atoms with Crippen LogP contribution in [0.25, 0.3) is 12.2 Å². The Morgan fingerprint density at radius 1 is 0.861 bits per heavy atom. The van der Waals surface area contributed by atoms with Crippen molar-refractivity contribution >= 4 is 59.7 Å². The third kappa shape index (κ3) is 7.86. The number of sulfonamides is 1. The number of hydrogen-bond donors (Lipinski definition) is 4. The van der Waals surface area contributed by atoms with Crippen molar-refractivity contribution in [2.45, 2.75) is 41.7 Å². The molecule has 36 heavy (non-hydrogen) atoms. The number of amides is 1. The summed E-state index contributed by atoms with van der Waals surface area (Å²) < 4.78 is 93.5. The van der Waals surface area contributed by atoms with Crippen LogP contribution in [0.2, 0.25) is 0 Å². The van der Waals surface area contributed by atoms with E-state index in [2.05, 4.69) is 10.0 Å². The maximum Gasteiger partial charge on any atom is 1.00 e. The van der Waals surface area contributed by atoms with Crippen LogP contribution < -0.4 is 39.6 Å². The Labute approximate surface area is 232 Å². The number of carbonyl (C=O) groups excluding carboxylic acids is 1. The quantitative estimate of drug-likeness (QED) is 0.182. The summed E-state index contributed by atoms with van der Waals surface area (Å²) in [5.41, 5.74) is -0.0415. The van der Waals surface area contributed by atoms with E-state index < -0.39 is 45.3 Å². The van der Waals surface area contributed by atoms with E-state index in [-0.39, 0.29) is 63.9 Å². The molecule has 0 spiro atoms. The fraction of sp³-hybridized carbons (Fsp3) is 0.286. The van der Waals surface area contributed by atoms with E-state index in [1.54, 1.807) is 13.8 Å². The Morgan fingerprint density at radius 3 is 1.72 bits per heavy atom. The first-order valence-corrected chi connectivity index (χ1v) is 14.7. The number of anilines is 2. The molecule has 2 aromatic rings. The molecule has 1 fully saturated rings. The molecule has 1 amide bonds. The summed E-state index contributed by atoms with van der Waals surface area (Å²) in [7, 11) is -13.2. The van der Waals surface area contributed by atoms with Gasteiger partial charge in [0, 0.05) is 17.3 Å². The Bertz CT molecular complexity index is 1510. The van der Waals surface area contributed by atoms with E-state index in [1.165, 1.54) is 36.4 Å². The van der Waals surface area contributed by atoms with Gasteiger partial charge in [0.1, 0.15) is 9.79 Å². The molecule has 0 bridgehead atoms. The van der Waals surface area contributed by atoms with Gasteiger partial charge >= 0.3 is 29.6 Å². The fourth-order valence-electron chi connectivity index (χ4n) is 3.02. The molecule has 1 saturated carbocycles. The molecular weight excluding hydrogens is 543 g/mol. The van der Waals surface area contributed by atoms with Crippen LogP contribution in [0.5, 0.6) is 0 Å². The molecule has 0 saturated heterocycles. The largest absolute Gasteiger partial charge is 1.00 e. The number of nitrogens with one attached hydrogen (secondary N) is 2. The van der Waals surface area contributed by atoms with Gasteiger partial charge in [0.2, 0.25) is 15.9 Å². The molecular formula is C21H24N2NaO9S3+. The van der Waals surface area contributed by atoms with Crippen LogP contribution in [-0.2, 0) is 35.1 Å². The van der Waals surface area contributed by atoms with Crippen LogP contribution >= 0.6 is 0 Å². The minimum atomic E-state index is -4.79. The smallest absolute Gasteiger partial charge is 0.326 e. The van der Waals surface area contributed by atoms with Crippen molar-refractivity contribution in [1.29, 1.82) is 0 Å². The molecule has 3 rings (SSSR count). The zero-order chi connectivity index (χ0) is 26.2. The number of carbonyl (C=O) groups is 1. The van der Waals surface area contributed by atoms with E-state index in [0.29, 0.717) is 12.8 Å². The van der Waals surface area contributed by atoms with Gasteiger partial charge < -0.3 is 5.32 Å². The molecule has 0 atom stereocenters. The molecule has 0 aromatic heterocycles. The van der Waals surface area contributed by atoms with Gasteiger partial charge in [-0.3, -0.25) is 18.6 Å². The number of hydrogen-bond acceptors (Lipinski definition) is 7. The second-order valence-corrected chi connectivity index (χ2v) is 13.0. The van der Waals surface area contributed by atoms with Crippen molar-refractivity contribution < 1.29 is 68.7 Å². The average Bonchev–Trinajstić information content (AvgIpc) is 3.57. The molecule has 0 unspecified atom stereocenters. The maximum absolute atomic E-state index is 12.1. The predicted molar refractivity (Wildman–Crippen MR) is 130 cm³/mol. The minimum Gasteiger partial charge on any atom is -0.326 e. The van der Waals surface area contributed by atoms with Crippen molar-refractivity contribution in [2.24, 2.45) is 5.92 Å². The Balaban J connectivity index is 0.00000456. The van der Waals surface area contributed by atoms with Crippen molar-refractivity contribution in [3.05, 3.63) is 47.5 Å². The van der Waals surface area contributed by atoms with Gasteiger partial charge in [0.25, 0.3) is 20.2 Å². The van der Waals surface area contributed by atoms with Crippen LogP contribution in [0.3, 0.4) is 0 Å². The van der Waals surface area contributed by atoms with Crippen molar-refractivity contribution in [1.82, 2.24) is 0 Å². The molecule has 0 radical (unpaired) electrons. The molecule has 0 heterocycles. The molecule has 1 aliphatic rings. The average molecular weight is 568 g/mol. The number of benzene rings is 2. The van der Waals surface area contributed by atoms with Gasteiger partial charge in [-0.05, 0) is 48.2 Å². The summed E-state index contributed by atoms with van der Waals surface area (Å²) in [4.78, 5) is 10.7. The normalized spacial score (nSPS) is 14.5. The Kier molecular flexibility index (Phi) is 9.56. The second kappa shape index (κ2) is 11.3. The van der Waals surface area contributed by atoms with E-state index in [4.69, 9.17) is 0 Å². The summed E-state index contributed by atoms with van der Waals surface area (Å²) in [6.45, 7) is 3.29. The monoisotopic (exact) mass is 567 g/mol. The topological polar surface area (TPSA) is 184 Å². The Morgan fingerprint density at radius 2 is 1.31 bits per heavy atom. The minimum absolute atomic E-state index is 0. The van der Waals surface area contributed by atoms with Crippen LogP contribution in [0, 0.1) is 5.92 Å². The van der Waals surface area contributed by atoms with Gasteiger partial charge in [-0.2, -0.15) is 16.8 Å². The van der Waals surface area contributed by atoms with Crippen LogP contribution in [-0.4, -0.2) is 45.5 Å². The molecule has 0 aliphatic heterocycles. The number of rotatable bonds is 9. The first-order chi connectivity index (χ1) is 16.1. The fourth-order valence-corrected chi connectivity index (χ4v) is 5.82. The van der Waals surface area contributed by atoms with E-state index in [0.717, 1.165) is 12.1 Å². The molecule has 2 aromatic carbocycles. The zero-order valence-electron chi connectivity index (χ0n) is 19.7. The summed E-state index contributed by atoms with van der Waals surface area (Å²) in [6, 6.07) is 7.21. The predicted octanol–water partition coefficient (Wildman–Crippen LogP) is -0.147. The second-order valence-electron chi connectivity index (χ2n) is 8.28. The third-order valence-corrected chi connectivity index (χ3v) is 8.73. The van der Waals surface area contributed by atoms with E-state index in [9.17, 15) is 39.2 Å². The van der Waals surface area contributed by atoms with Crippen LogP contribution in [0.1, 0.15) is 37.8 Å². The van der Waals surface area contributed by atoms with Gasteiger partial charge in [-0.25, -0.2) is 8.42 Å². The standard InChI is InChI=1S/C21H24N2O9S3.Na/c1-13(2)21(24)22-16-7-5-14(19(11-16)34(27,28)29)3-4-15-6-8-17(12-20(15)35(30,31)32)23-33(25,26)18-9-10-18;/h3-8,11-13,18,23H,9-10H2,1-2H3,(H,22,24)(H,27,28,29)(H,30,31,32);/q;+1/b4-3+;. The van der Waals surface area contributed by atoms with Gasteiger partial charge in [-0.1, -0.05) is 38.1 Å². The van der Waals surface area contributed by atoms with Crippen molar-refractivity contribution in [3.63, 3.8) is 0 Å². The van der Waals surface area contributed by atoms with Crippen LogP contribution in [0.4, 0.5) is 11.4 Å². The molecule has 11 nitrogen and oxygen atoms in total. The summed E-state index contributed by atoms with van der Waals surface area (Å²) >= 11 is 0. The van der Waals surface area contributed by atoms with E-state index in [1.807, 2.05) is 0 Å². The first-order valence-electron chi connectivity index (χ1n) is 10.3. The van der Waals surface area contributed by atoms with Crippen molar-refractivity contribution in [2.75, 3.05) is 10.0 Å². The van der Waals surface area contributed by atoms with Crippen LogP contribution in [0.15, 0.2) is 46.2 Å². The van der Waals surface area contributed by atoms with Gasteiger partial charge in [0.05, 0.1) is 5.25 Å². The molecule has 15 heteroatoms. The van der Waals surface area contributed by atoms with Gasteiger partial charge in [-0.15, -0.1) is 0 Å². The van der Waals surface area contributed by atoms with Crippen molar-refractivity contribution in [3.8, 4) is 0 Å². The maximum atomic E-state index is 12.1. The summed E-state index contributed by atoms with van der Waals surface area (Å²) in [5, 5.41) is 1.96. The first kappa shape index (κ1) is 30.4. The van der Waals surface area contributed by atoms with Gasteiger partial charge in [0.15, 0.2) is 0 Å². The third-order valence-electron chi connectivity index (χ3n) is 5.04. The molecule has 190 valence electrons. The summed E-state index contributed by atoms with van der Waals surface area (Å²) in [6.07, 6.45) is 3.36. The molecule has 4 N–H and O–H groups in total. The summed E-state index contributed by atoms with van der Waals surface area (Å²) in [5.74, 6) is -0.746. The Hall–Kier alpha value is -1.78. The molecule has 1 aliphatic carbocycles.